The van der Waals surface area contributed by atoms with Gasteiger partial charge in [-0.2, -0.15) is 0 Å². The molecule has 86 valence electrons. The van der Waals surface area contributed by atoms with E-state index in [2.05, 4.69) is 10.6 Å². The Bertz CT molecular complexity index is 355. The third-order valence-corrected chi connectivity index (χ3v) is 2.07. The van der Waals surface area contributed by atoms with Gasteiger partial charge in [-0.1, -0.05) is 19.9 Å². The Labute approximate surface area is 95.0 Å². The smallest absolute Gasteiger partial charge is 0.224 e. The van der Waals surface area contributed by atoms with Crippen molar-refractivity contribution in [2.24, 2.45) is 0 Å². The first-order chi connectivity index (χ1) is 7.65. The third kappa shape index (κ3) is 3.73. The molecule has 4 nitrogen and oxygen atoms in total. The molecule has 0 radical (unpaired) electrons. The Morgan fingerprint density at radius 2 is 1.44 bits per heavy atom. The van der Waals surface area contributed by atoms with Gasteiger partial charge < -0.3 is 10.6 Å². The molecule has 0 aliphatic rings. The molecule has 1 aromatic rings. The normalized spacial score (nSPS) is 9.62. The van der Waals surface area contributed by atoms with Crippen molar-refractivity contribution in [2.45, 2.75) is 26.7 Å². The molecule has 2 N–H and O–H groups in total. The number of nitrogens with one attached hydrogen (secondary N) is 2. The van der Waals surface area contributed by atoms with Crippen molar-refractivity contribution < 1.29 is 9.59 Å². The summed E-state index contributed by atoms with van der Waals surface area (Å²) in [4.78, 5) is 22.3. The number of hydrogen-bond donors (Lipinski definition) is 2. The van der Waals surface area contributed by atoms with Gasteiger partial charge in [0.2, 0.25) is 11.8 Å². The van der Waals surface area contributed by atoms with E-state index in [4.69, 9.17) is 0 Å². The average Bonchev–Trinajstić information content (AvgIpc) is 2.29. The summed E-state index contributed by atoms with van der Waals surface area (Å²) in [6, 6.07) is 7.10. The van der Waals surface area contributed by atoms with E-state index in [9.17, 15) is 9.59 Å². The van der Waals surface area contributed by atoms with Gasteiger partial charge in [0, 0.05) is 24.2 Å². The number of benzene rings is 1. The van der Waals surface area contributed by atoms with Crippen molar-refractivity contribution in [1.29, 1.82) is 0 Å². The van der Waals surface area contributed by atoms with Crippen LogP contribution < -0.4 is 10.6 Å². The van der Waals surface area contributed by atoms with Gasteiger partial charge in [0.05, 0.1) is 0 Å². The summed E-state index contributed by atoms with van der Waals surface area (Å²) in [5, 5.41) is 5.47. The van der Waals surface area contributed by atoms with Gasteiger partial charge >= 0.3 is 0 Å². The summed E-state index contributed by atoms with van der Waals surface area (Å²) < 4.78 is 0. The highest BCUT2D eigenvalue weighted by Gasteiger charge is 2.02. The van der Waals surface area contributed by atoms with Crippen LogP contribution in [0.3, 0.4) is 0 Å². The molecule has 0 bridgehead atoms. The van der Waals surface area contributed by atoms with E-state index < -0.39 is 0 Å². The molecule has 0 saturated heterocycles. The number of carbonyl (C=O) groups excluding carboxylic acids is 2. The molecule has 0 fully saturated rings. The van der Waals surface area contributed by atoms with Gasteiger partial charge in [0.15, 0.2) is 0 Å². The van der Waals surface area contributed by atoms with Crippen molar-refractivity contribution in [2.75, 3.05) is 10.6 Å². The van der Waals surface area contributed by atoms with Crippen LogP contribution in [0.15, 0.2) is 24.3 Å². The molecule has 0 aliphatic heterocycles. The van der Waals surface area contributed by atoms with E-state index in [1.165, 1.54) is 0 Å². The zero-order valence-electron chi connectivity index (χ0n) is 9.54. The fourth-order valence-corrected chi connectivity index (χ4v) is 1.17. The summed E-state index contributed by atoms with van der Waals surface area (Å²) >= 11 is 0. The van der Waals surface area contributed by atoms with Gasteiger partial charge in [0.25, 0.3) is 0 Å². The number of carbonyl (C=O) groups is 2. The van der Waals surface area contributed by atoms with Crippen LogP contribution in [0.2, 0.25) is 0 Å². The zero-order valence-corrected chi connectivity index (χ0v) is 9.54. The molecule has 1 aromatic carbocycles. The monoisotopic (exact) mass is 220 g/mol. The van der Waals surface area contributed by atoms with E-state index in [1.807, 2.05) is 0 Å². The second kappa shape index (κ2) is 5.90. The fraction of sp³-hybridized carbons (Fsp3) is 0.333. The number of anilines is 2. The minimum Gasteiger partial charge on any atom is -0.326 e. The molecule has 0 atom stereocenters. The molecule has 1 rings (SSSR count). The number of amides is 2. The van der Waals surface area contributed by atoms with Crippen molar-refractivity contribution >= 4 is 23.2 Å². The molecule has 0 heterocycles. The Morgan fingerprint density at radius 1 is 1.00 bits per heavy atom. The molecule has 16 heavy (non-hydrogen) atoms. The van der Waals surface area contributed by atoms with Crippen molar-refractivity contribution in [3.8, 4) is 0 Å². The van der Waals surface area contributed by atoms with E-state index in [0.717, 1.165) is 0 Å². The lowest BCUT2D eigenvalue weighted by Gasteiger charge is -2.07. The molecule has 0 aromatic heterocycles. The molecule has 0 aliphatic carbocycles. The number of hydrogen-bond acceptors (Lipinski definition) is 2. The third-order valence-electron chi connectivity index (χ3n) is 2.07. The lowest BCUT2D eigenvalue weighted by atomic mass is 10.2. The zero-order chi connectivity index (χ0) is 12.0. The molecular weight excluding hydrogens is 204 g/mol. The summed E-state index contributed by atoms with van der Waals surface area (Å²) in [5.41, 5.74) is 1.39. The quantitative estimate of drug-likeness (QED) is 0.818. The Kier molecular flexibility index (Phi) is 4.51. The van der Waals surface area contributed by atoms with E-state index >= 15 is 0 Å². The summed E-state index contributed by atoms with van der Waals surface area (Å²) in [7, 11) is 0. The standard InChI is InChI=1S/C12H16N2O2/c1-3-11(15)13-9-6-5-7-10(8-9)14-12(16)4-2/h5-8H,3-4H2,1-2H3,(H,13,15)(H,14,16). The van der Waals surface area contributed by atoms with Crippen LogP contribution in [-0.4, -0.2) is 11.8 Å². The van der Waals surface area contributed by atoms with Crippen LogP contribution in [0, 0.1) is 0 Å². The maximum absolute atomic E-state index is 11.2. The van der Waals surface area contributed by atoms with Crippen LogP contribution in [0.1, 0.15) is 26.7 Å². The summed E-state index contributed by atoms with van der Waals surface area (Å²) in [6.45, 7) is 3.58. The first-order valence-electron chi connectivity index (χ1n) is 5.35. The fourth-order valence-electron chi connectivity index (χ4n) is 1.17. The predicted octanol–water partition coefficient (Wildman–Crippen LogP) is 2.38. The molecule has 0 spiro atoms. The van der Waals surface area contributed by atoms with Gasteiger partial charge in [-0.25, -0.2) is 0 Å². The van der Waals surface area contributed by atoms with Crippen molar-refractivity contribution in [3.63, 3.8) is 0 Å². The highest BCUT2D eigenvalue weighted by Crippen LogP contribution is 2.15. The molecule has 0 saturated carbocycles. The maximum Gasteiger partial charge on any atom is 0.224 e. The van der Waals surface area contributed by atoms with Crippen LogP contribution in [0.4, 0.5) is 11.4 Å². The van der Waals surface area contributed by atoms with Crippen LogP contribution in [0.5, 0.6) is 0 Å². The second-order valence-electron chi connectivity index (χ2n) is 3.38. The number of rotatable bonds is 4. The SMILES string of the molecule is CCC(=O)Nc1cccc(NC(=O)CC)c1. The Hall–Kier alpha value is -1.84. The van der Waals surface area contributed by atoms with E-state index in [1.54, 1.807) is 38.1 Å². The van der Waals surface area contributed by atoms with Gasteiger partial charge in [-0.3, -0.25) is 9.59 Å². The minimum absolute atomic E-state index is 0.0426. The lowest BCUT2D eigenvalue weighted by Crippen LogP contribution is -2.11. The van der Waals surface area contributed by atoms with E-state index in [0.29, 0.717) is 24.2 Å². The first kappa shape index (κ1) is 12.2. The molecule has 4 heteroatoms. The maximum atomic E-state index is 11.2. The highest BCUT2D eigenvalue weighted by atomic mass is 16.2. The van der Waals surface area contributed by atoms with Gasteiger partial charge in [-0.05, 0) is 18.2 Å². The Balaban J connectivity index is 2.71. The largest absolute Gasteiger partial charge is 0.326 e. The second-order valence-corrected chi connectivity index (χ2v) is 3.38. The predicted molar refractivity (Wildman–Crippen MR) is 64.3 cm³/mol. The Morgan fingerprint density at radius 3 is 1.81 bits per heavy atom. The first-order valence-corrected chi connectivity index (χ1v) is 5.35. The minimum atomic E-state index is -0.0426. The average molecular weight is 220 g/mol. The van der Waals surface area contributed by atoms with Gasteiger partial charge in [0.1, 0.15) is 0 Å². The lowest BCUT2D eigenvalue weighted by molar-refractivity contribution is -0.116. The van der Waals surface area contributed by atoms with E-state index in [-0.39, 0.29) is 11.8 Å². The summed E-state index contributed by atoms with van der Waals surface area (Å²) in [5.74, 6) is -0.0852. The highest BCUT2D eigenvalue weighted by molar-refractivity contribution is 5.93. The van der Waals surface area contributed by atoms with Crippen molar-refractivity contribution in [3.05, 3.63) is 24.3 Å². The van der Waals surface area contributed by atoms with Crippen LogP contribution >= 0.6 is 0 Å². The topological polar surface area (TPSA) is 58.2 Å². The van der Waals surface area contributed by atoms with Crippen LogP contribution in [-0.2, 0) is 9.59 Å². The molecule has 0 unspecified atom stereocenters. The molecule has 2 amide bonds. The van der Waals surface area contributed by atoms with Gasteiger partial charge in [-0.15, -0.1) is 0 Å². The van der Waals surface area contributed by atoms with Crippen LogP contribution in [0.25, 0.3) is 0 Å². The summed E-state index contributed by atoms with van der Waals surface area (Å²) in [6.07, 6.45) is 0.872. The molecular formula is C12H16N2O2. The van der Waals surface area contributed by atoms with Crippen molar-refractivity contribution in [1.82, 2.24) is 0 Å².